The van der Waals surface area contributed by atoms with Crippen LogP contribution in [0.5, 0.6) is 0 Å². The molecule has 1 aromatic heterocycles. The molecule has 0 aromatic carbocycles. The van der Waals surface area contributed by atoms with Gasteiger partial charge in [0.15, 0.2) is 0 Å². The summed E-state index contributed by atoms with van der Waals surface area (Å²) in [6.45, 7) is 5.47. The molecule has 1 fully saturated rings. The van der Waals surface area contributed by atoms with Gasteiger partial charge in [-0.15, -0.1) is 0 Å². The number of thiocarbonyl (C=S) groups is 1. The van der Waals surface area contributed by atoms with Crippen molar-refractivity contribution in [2.45, 2.75) is 32.7 Å². The van der Waals surface area contributed by atoms with E-state index in [1.807, 2.05) is 12.1 Å². The van der Waals surface area contributed by atoms with Crippen LogP contribution in [0.4, 0.5) is 5.82 Å². The number of anilines is 1. The molecule has 92 valence electrons. The number of pyridine rings is 1. The molecule has 0 amide bonds. The maximum atomic E-state index is 5.66. The Morgan fingerprint density at radius 2 is 2.29 bits per heavy atom. The maximum absolute atomic E-state index is 5.66. The van der Waals surface area contributed by atoms with Gasteiger partial charge in [-0.2, -0.15) is 0 Å². The average molecular weight is 249 g/mol. The molecule has 1 aliphatic rings. The Labute approximate surface area is 108 Å². The highest BCUT2D eigenvalue weighted by Gasteiger charge is 2.26. The van der Waals surface area contributed by atoms with Gasteiger partial charge in [0.1, 0.15) is 10.8 Å². The SMILES string of the molecule is CC(C)N(CC1CC1)c1cc(C(N)=S)ccn1. The number of hydrogen-bond donors (Lipinski definition) is 1. The Morgan fingerprint density at radius 3 is 2.82 bits per heavy atom. The third kappa shape index (κ3) is 3.16. The first-order valence-corrected chi connectivity index (χ1v) is 6.51. The van der Waals surface area contributed by atoms with Crippen molar-refractivity contribution < 1.29 is 0 Å². The molecule has 1 heterocycles. The maximum Gasteiger partial charge on any atom is 0.129 e. The third-order valence-corrected chi connectivity index (χ3v) is 3.34. The van der Waals surface area contributed by atoms with Crippen LogP contribution in [0.2, 0.25) is 0 Å². The first kappa shape index (κ1) is 12.3. The van der Waals surface area contributed by atoms with Crippen molar-refractivity contribution in [2.75, 3.05) is 11.4 Å². The second kappa shape index (κ2) is 5.00. The van der Waals surface area contributed by atoms with E-state index in [-0.39, 0.29) is 0 Å². The van der Waals surface area contributed by atoms with E-state index in [2.05, 4.69) is 23.7 Å². The van der Waals surface area contributed by atoms with Crippen molar-refractivity contribution in [1.29, 1.82) is 0 Å². The topological polar surface area (TPSA) is 42.1 Å². The summed E-state index contributed by atoms with van der Waals surface area (Å²) in [6, 6.07) is 4.30. The zero-order valence-corrected chi connectivity index (χ0v) is 11.2. The van der Waals surface area contributed by atoms with E-state index in [0.29, 0.717) is 11.0 Å². The fourth-order valence-corrected chi connectivity index (χ4v) is 2.00. The average Bonchev–Trinajstić information content (AvgIpc) is 3.09. The first-order chi connectivity index (χ1) is 8.08. The predicted molar refractivity (Wildman–Crippen MR) is 75.3 cm³/mol. The van der Waals surface area contributed by atoms with Crippen LogP contribution in [0.15, 0.2) is 18.3 Å². The quantitative estimate of drug-likeness (QED) is 0.813. The summed E-state index contributed by atoms with van der Waals surface area (Å²) >= 11 is 5.01. The van der Waals surface area contributed by atoms with Crippen LogP contribution in [-0.2, 0) is 0 Å². The van der Waals surface area contributed by atoms with Crippen molar-refractivity contribution in [1.82, 2.24) is 4.98 Å². The highest BCUT2D eigenvalue weighted by molar-refractivity contribution is 7.80. The molecule has 17 heavy (non-hydrogen) atoms. The van der Waals surface area contributed by atoms with Gasteiger partial charge in [-0.1, -0.05) is 12.2 Å². The summed E-state index contributed by atoms with van der Waals surface area (Å²) in [4.78, 5) is 7.20. The third-order valence-electron chi connectivity index (χ3n) is 3.10. The molecule has 0 saturated heterocycles. The molecule has 0 aliphatic heterocycles. The van der Waals surface area contributed by atoms with Crippen LogP contribution >= 0.6 is 12.2 Å². The molecular weight excluding hydrogens is 230 g/mol. The van der Waals surface area contributed by atoms with Crippen molar-refractivity contribution >= 4 is 23.0 Å². The lowest BCUT2D eigenvalue weighted by atomic mass is 10.2. The lowest BCUT2D eigenvalue weighted by molar-refractivity contribution is 0.637. The zero-order chi connectivity index (χ0) is 12.4. The highest BCUT2D eigenvalue weighted by atomic mass is 32.1. The molecule has 2 N–H and O–H groups in total. The minimum Gasteiger partial charge on any atom is -0.389 e. The van der Waals surface area contributed by atoms with Gasteiger partial charge in [0.25, 0.3) is 0 Å². The van der Waals surface area contributed by atoms with Crippen molar-refractivity contribution in [3.8, 4) is 0 Å². The van der Waals surface area contributed by atoms with Crippen LogP contribution in [0, 0.1) is 5.92 Å². The summed E-state index contributed by atoms with van der Waals surface area (Å²) in [5.74, 6) is 1.82. The van der Waals surface area contributed by atoms with Crippen LogP contribution in [0.3, 0.4) is 0 Å². The molecule has 0 spiro atoms. The molecule has 0 unspecified atom stereocenters. The molecule has 0 radical (unpaired) electrons. The lowest BCUT2D eigenvalue weighted by Gasteiger charge is -2.28. The van der Waals surface area contributed by atoms with E-state index in [9.17, 15) is 0 Å². The molecule has 4 heteroatoms. The summed E-state index contributed by atoms with van der Waals surface area (Å²) in [5, 5.41) is 0. The number of aromatic nitrogens is 1. The van der Waals surface area contributed by atoms with Gasteiger partial charge < -0.3 is 10.6 Å². The van der Waals surface area contributed by atoms with Gasteiger partial charge in [0.2, 0.25) is 0 Å². The van der Waals surface area contributed by atoms with Crippen LogP contribution in [0.25, 0.3) is 0 Å². The van der Waals surface area contributed by atoms with E-state index >= 15 is 0 Å². The highest BCUT2D eigenvalue weighted by Crippen LogP contribution is 2.31. The largest absolute Gasteiger partial charge is 0.389 e. The number of hydrogen-bond acceptors (Lipinski definition) is 3. The Kier molecular flexibility index (Phi) is 3.62. The smallest absolute Gasteiger partial charge is 0.129 e. The monoisotopic (exact) mass is 249 g/mol. The zero-order valence-electron chi connectivity index (χ0n) is 10.4. The van der Waals surface area contributed by atoms with Gasteiger partial charge in [0.05, 0.1) is 0 Å². The Hall–Kier alpha value is -1.16. The fraction of sp³-hybridized carbons (Fsp3) is 0.538. The van der Waals surface area contributed by atoms with E-state index in [4.69, 9.17) is 18.0 Å². The van der Waals surface area contributed by atoms with Gasteiger partial charge in [-0.25, -0.2) is 4.98 Å². The standard InChI is InChI=1S/C13H19N3S/c1-9(2)16(8-10-3-4-10)12-7-11(13(14)17)5-6-15-12/h5-7,9-10H,3-4,8H2,1-2H3,(H2,14,17). The van der Waals surface area contributed by atoms with Crippen LogP contribution < -0.4 is 10.6 Å². The molecule has 1 aliphatic carbocycles. The minimum atomic E-state index is 0.434. The first-order valence-electron chi connectivity index (χ1n) is 6.10. The molecule has 0 atom stereocenters. The van der Waals surface area contributed by atoms with Crippen LogP contribution in [0.1, 0.15) is 32.3 Å². The van der Waals surface area contributed by atoms with E-state index in [1.54, 1.807) is 6.20 Å². The minimum absolute atomic E-state index is 0.434. The van der Waals surface area contributed by atoms with Crippen LogP contribution in [-0.4, -0.2) is 22.6 Å². The van der Waals surface area contributed by atoms with Gasteiger partial charge >= 0.3 is 0 Å². The fourth-order valence-electron chi connectivity index (χ4n) is 1.88. The number of nitrogens with zero attached hydrogens (tertiary/aromatic N) is 2. The molecule has 1 aromatic rings. The van der Waals surface area contributed by atoms with E-state index in [0.717, 1.165) is 23.8 Å². The Bertz CT molecular complexity index is 413. The second-order valence-corrected chi connectivity index (χ2v) is 5.40. The Balaban J connectivity index is 2.21. The van der Waals surface area contributed by atoms with Gasteiger partial charge in [-0.3, -0.25) is 0 Å². The summed E-state index contributed by atoms with van der Waals surface area (Å²) in [7, 11) is 0. The number of rotatable bonds is 5. The summed E-state index contributed by atoms with van der Waals surface area (Å²) in [5.41, 5.74) is 6.55. The lowest BCUT2D eigenvalue weighted by Crippen LogP contribution is -2.33. The van der Waals surface area contributed by atoms with Crippen molar-refractivity contribution in [2.24, 2.45) is 11.7 Å². The predicted octanol–water partition coefficient (Wildman–Crippen LogP) is 2.34. The summed E-state index contributed by atoms with van der Waals surface area (Å²) < 4.78 is 0. The van der Waals surface area contributed by atoms with Gasteiger partial charge in [0, 0.05) is 24.3 Å². The van der Waals surface area contributed by atoms with E-state index in [1.165, 1.54) is 12.8 Å². The second-order valence-electron chi connectivity index (χ2n) is 4.96. The molecule has 1 saturated carbocycles. The van der Waals surface area contributed by atoms with Gasteiger partial charge in [-0.05, 0) is 44.7 Å². The molecule has 0 bridgehead atoms. The summed E-state index contributed by atoms with van der Waals surface area (Å²) in [6.07, 6.45) is 4.47. The molecule has 2 rings (SSSR count). The Morgan fingerprint density at radius 1 is 1.59 bits per heavy atom. The van der Waals surface area contributed by atoms with Crippen molar-refractivity contribution in [3.63, 3.8) is 0 Å². The van der Waals surface area contributed by atoms with E-state index < -0.39 is 0 Å². The molecular formula is C13H19N3S. The molecule has 3 nitrogen and oxygen atoms in total. The number of nitrogens with two attached hydrogens (primary N) is 1. The normalized spacial score (nSPS) is 15.0. The van der Waals surface area contributed by atoms with Crippen molar-refractivity contribution in [3.05, 3.63) is 23.9 Å².